The van der Waals surface area contributed by atoms with Crippen molar-refractivity contribution in [1.29, 1.82) is 0 Å². The average Bonchev–Trinajstić information content (AvgIpc) is 0.918. The molecule has 0 aromatic rings. The normalized spacial score (nSPS) is 13.4. The predicted molar refractivity (Wildman–Crippen MR) is 567 cm³/mol. The molecule has 26 nitrogen and oxygen atoms in total. The highest BCUT2D eigenvalue weighted by Crippen LogP contribution is 2.17. The quantitative estimate of drug-likeness (QED) is 0.0514. The molecular weight excluding hydrogens is 1730 g/mol. The molecule has 26 heteroatoms. The first-order valence-electron chi connectivity index (χ1n) is 51.5. The van der Waals surface area contributed by atoms with E-state index >= 15 is 0 Å². The topological polar surface area (TPSA) is 240 Å². The van der Waals surface area contributed by atoms with Gasteiger partial charge in [-0.05, 0) is 365 Å². The minimum Gasteiger partial charge on any atom is -0.379 e. The van der Waals surface area contributed by atoms with E-state index in [9.17, 15) is 0 Å². The Morgan fingerprint density at radius 2 is 0.311 bits per heavy atom. The van der Waals surface area contributed by atoms with E-state index < -0.39 is 0 Å². The highest BCUT2D eigenvalue weighted by molar-refractivity contribution is 4.69. The molecule has 5 unspecified atom stereocenters. The van der Waals surface area contributed by atoms with Crippen LogP contribution in [0.1, 0.15) is 387 Å². The van der Waals surface area contributed by atoms with E-state index in [1.54, 1.807) is 0 Å². The monoisotopic (exact) mass is 1970 g/mol. The number of hydrogen-bond acceptors (Lipinski definition) is 26. The summed E-state index contributed by atoms with van der Waals surface area (Å²) < 4.78 is 141. The maximum atomic E-state index is 5.70. The van der Waals surface area contributed by atoms with E-state index in [1.165, 1.54) is 0 Å². The molecular formula is C109H240O26. The van der Waals surface area contributed by atoms with Gasteiger partial charge in [0.15, 0.2) is 0 Å². The van der Waals surface area contributed by atoms with E-state index in [-0.39, 0.29) is 110 Å². The molecule has 0 N–H and O–H groups in total. The summed E-state index contributed by atoms with van der Waals surface area (Å²) in [6, 6.07) is 0. The lowest BCUT2D eigenvalue weighted by atomic mass is 10.2. The first-order valence-corrected chi connectivity index (χ1v) is 51.5. The van der Waals surface area contributed by atoms with Crippen molar-refractivity contribution in [2.75, 3.05) is 211 Å². The first-order chi connectivity index (χ1) is 61.4. The van der Waals surface area contributed by atoms with E-state index in [2.05, 4.69) is 111 Å². The highest BCUT2D eigenvalue weighted by atomic mass is 16.6. The van der Waals surface area contributed by atoms with Crippen molar-refractivity contribution in [3.05, 3.63) is 0 Å². The molecule has 5 atom stereocenters. The Morgan fingerprint density at radius 1 is 0.148 bits per heavy atom. The van der Waals surface area contributed by atoms with Crippen LogP contribution >= 0.6 is 0 Å². The van der Waals surface area contributed by atoms with E-state index in [1.807, 2.05) is 263 Å². The zero-order valence-electron chi connectivity index (χ0n) is 99.9. The van der Waals surface area contributed by atoms with Crippen LogP contribution in [0.25, 0.3) is 0 Å². The lowest BCUT2D eigenvalue weighted by Crippen LogP contribution is -2.29. The smallest absolute Gasteiger partial charge is 0.0787 e. The molecule has 0 aliphatic rings. The Balaban J connectivity index is -0.000000139. The largest absolute Gasteiger partial charge is 0.379 e. The first kappa shape index (κ1) is 157. The molecule has 0 aromatic carbocycles. The van der Waals surface area contributed by atoms with Gasteiger partial charge in [0.1, 0.15) is 0 Å². The molecule has 0 bridgehead atoms. The van der Waals surface area contributed by atoms with Crippen LogP contribution in [0.4, 0.5) is 0 Å². The van der Waals surface area contributed by atoms with Gasteiger partial charge in [0.2, 0.25) is 0 Å². The Labute approximate surface area is 839 Å². The molecule has 0 rings (SSSR count). The van der Waals surface area contributed by atoms with Crippen LogP contribution in [0, 0.1) is 5.92 Å². The minimum atomic E-state index is -0.1000. The van der Waals surface area contributed by atoms with Crippen molar-refractivity contribution in [2.24, 2.45) is 5.92 Å². The Morgan fingerprint density at radius 3 is 0.541 bits per heavy atom. The summed E-state index contributed by atoms with van der Waals surface area (Å²) in [6.45, 7) is 133. The number of hydrogen-bond donors (Lipinski definition) is 0. The molecule has 0 aliphatic carbocycles. The van der Waals surface area contributed by atoms with Crippen molar-refractivity contribution >= 4 is 0 Å². The van der Waals surface area contributed by atoms with Gasteiger partial charge < -0.3 is 123 Å². The lowest BCUT2D eigenvalue weighted by molar-refractivity contribution is -0.0925. The van der Waals surface area contributed by atoms with Crippen LogP contribution in [0.15, 0.2) is 0 Å². The summed E-state index contributed by atoms with van der Waals surface area (Å²) in [5.74, 6) is 0.611. The van der Waals surface area contributed by atoms with Crippen molar-refractivity contribution in [2.45, 2.75) is 503 Å². The van der Waals surface area contributed by atoms with Gasteiger partial charge in [0.05, 0.1) is 282 Å². The van der Waals surface area contributed by atoms with Crippen LogP contribution in [-0.2, 0) is 123 Å². The summed E-state index contributed by atoms with van der Waals surface area (Å²) >= 11 is 0. The maximum Gasteiger partial charge on any atom is 0.0787 e. The molecule has 0 saturated carbocycles. The molecule has 0 amide bonds. The van der Waals surface area contributed by atoms with Crippen LogP contribution in [0.2, 0.25) is 0 Å². The summed E-state index contributed by atoms with van der Waals surface area (Å²) in [5, 5.41) is 0. The maximum absolute atomic E-state index is 5.70. The minimum absolute atomic E-state index is 0.0307. The SMILES string of the molecule is CC(C)COCCOC(C)(C)C.CC(C)OCC(C)OC(C)(C)C.CC(C)OCCOC(C)(C)C.CC(C)OCCOCC(C)OC(C)(C)C.CC(C)OCCOCCOC(C)(C)C.CCCOCC(C)OC(C)(C)C.CCCOCCOC(C)(C)C.CCOCC(C)OC(C)(C)C.CCOCCOC(C)(C)C.CCOCCOCC(C)OC(C)(C)C.CCOCCOCCOC(C)(C)C. The number of ether oxygens (including phenoxy) is 26. The molecule has 0 fully saturated rings. The lowest BCUT2D eigenvalue weighted by Gasteiger charge is -2.25. The molecule has 0 aliphatic heterocycles. The van der Waals surface area contributed by atoms with E-state index in [0.717, 1.165) is 59.1 Å². The molecule has 0 radical (unpaired) electrons. The Hall–Kier alpha value is -1.04. The summed E-state index contributed by atoms with van der Waals surface area (Å²) in [6.07, 6.45) is 4.12. The number of rotatable bonds is 59. The standard InChI is InChI=1S/C12H26O3.2C11H24O3.C10H22O3.3C10H22O2.3C9H20O2.C8H18O2/c1-10(2)14-8-7-13-9-11(3)15-12(4,5)6;1-10(2)13-8-6-12-7-9-14-11(3,4)5;1-6-12-7-8-13-9-10(2)14-11(3,4)5;1-5-11-6-7-12-8-9-13-10(2,3)4;1-8(2)11-7-9(3)12-10(4,5)6;1-9(2)8-11-6-7-12-10(3,4)5;1-6-7-11-8-9(2)12-10(3,4)5;1-8(2)10-6-7-11-9(3,4)5;1-6-10-7-8(2)11-9(3,4)5;1-5-6-10-7-8-11-9(2,3)4;1-5-9-6-7-10-8(2,3)4/h10-11H,7-9H2,1-6H3;2*10H,6-9H2,1-5H3;5-9H2,1-4H3;8-9H,7H2,1-6H3;2*9H,6-8H2,1-5H3;2*8H,6-7H2,1-5H3;5-8H2,1-4H3;5-7H2,1-4H3. The van der Waals surface area contributed by atoms with Gasteiger partial charge in [0, 0.05) is 46.2 Å². The predicted octanol–water partition coefficient (Wildman–Crippen LogP) is 25.2. The fourth-order valence-electron chi connectivity index (χ4n) is 9.48. The molecule has 0 heterocycles. The van der Waals surface area contributed by atoms with Crippen molar-refractivity contribution in [3.63, 3.8) is 0 Å². The van der Waals surface area contributed by atoms with E-state index in [4.69, 9.17) is 123 Å². The summed E-state index contributed by atoms with van der Waals surface area (Å²) in [4.78, 5) is 0. The zero-order valence-corrected chi connectivity index (χ0v) is 99.9. The van der Waals surface area contributed by atoms with Gasteiger partial charge in [-0.1, -0.05) is 27.7 Å². The molecule has 0 aromatic heterocycles. The van der Waals surface area contributed by atoms with Crippen LogP contribution in [0.3, 0.4) is 0 Å². The van der Waals surface area contributed by atoms with Crippen LogP contribution in [0.5, 0.6) is 0 Å². The molecule has 0 saturated heterocycles. The third-order valence-corrected chi connectivity index (χ3v) is 13.8. The summed E-state index contributed by atoms with van der Waals surface area (Å²) in [5.41, 5.74) is -0.666. The fraction of sp³-hybridized carbons (Fsp3) is 1.00. The van der Waals surface area contributed by atoms with Gasteiger partial charge in [-0.3, -0.25) is 0 Å². The van der Waals surface area contributed by atoms with Gasteiger partial charge in [-0.25, -0.2) is 0 Å². The summed E-state index contributed by atoms with van der Waals surface area (Å²) in [7, 11) is 0. The van der Waals surface area contributed by atoms with Crippen molar-refractivity contribution in [1.82, 2.24) is 0 Å². The molecule has 0 spiro atoms. The zero-order chi connectivity index (χ0) is 108. The molecule has 832 valence electrons. The third kappa shape index (κ3) is 203. The second-order valence-corrected chi connectivity index (χ2v) is 44.9. The van der Waals surface area contributed by atoms with E-state index in [0.29, 0.717) is 177 Å². The van der Waals surface area contributed by atoms with Crippen LogP contribution < -0.4 is 0 Å². The third-order valence-electron chi connectivity index (χ3n) is 13.8. The van der Waals surface area contributed by atoms with Gasteiger partial charge in [-0.15, -0.1) is 0 Å². The fourth-order valence-corrected chi connectivity index (χ4v) is 9.48. The molecule has 135 heavy (non-hydrogen) atoms. The van der Waals surface area contributed by atoms with Crippen molar-refractivity contribution in [3.8, 4) is 0 Å². The van der Waals surface area contributed by atoms with Gasteiger partial charge in [0.25, 0.3) is 0 Å². The highest BCUT2D eigenvalue weighted by Gasteiger charge is 2.21. The van der Waals surface area contributed by atoms with Crippen LogP contribution in [-0.4, -0.2) is 328 Å². The second-order valence-electron chi connectivity index (χ2n) is 44.9. The Bertz CT molecular complexity index is 2250. The Kier molecular flexibility index (Phi) is 112. The van der Waals surface area contributed by atoms with Gasteiger partial charge in [-0.2, -0.15) is 0 Å². The van der Waals surface area contributed by atoms with Gasteiger partial charge >= 0.3 is 0 Å². The van der Waals surface area contributed by atoms with Crippen molar-refractivity contribution < 1.29 is 123 Å². The second kappa shape index (κ2) is 96.4. The average molecular weight is 1970 g/mol.